The molecule has 0 amide bonds. The van der Waals surface area contributed by atoms with Gasteiger partial charge in [-0.25, -0.2) is 4.79 Å². The number of quaternary nitrogens is 1. The van der Waals surface area contributed by atoms with Crippen molar-refractivity contribution in [3.05, 3.63) is 70.3 Å². The molecule has 0 aliphatic heterocycles. The van der Waals surface area contributed by atoms with E-state index >= 15 is 0 Å². The predicted octanol–water partition coefficient (Wildman–Crippen LogP) is 4.91. The fourth-order valence-corrected chi connectivity index (χ4v) is 3.62. The third kappa shape index (κ3) is 5.23. The van der Waals surface area contributed by atoms with Gasteiger partial charge in [-0.1, -0.05) is 48.0 Å². The lowest BCUT2D eigenvalue weighted by atomic mass is 9.91. The van der Waals surface area contributed by atoms with E-state index in [4.69, 9.17) is 10.1 Å². The lowest BCUT2D eigenvalue weighted by Crippen LogP contribution is -2.72. The number of anilines is 1. The van der Waals surface area contributed by atoms with Crippen molar-refractivity contribution in [1.82, 2.24) is 4.98 Å². The van der Waals surface area contributed by atoms with E-state index in [1.165, 1.54) is 7.11 Å². The van der Waals surface area contributed by atoms with E-state index < -0.39 is 5.97 Å². The molecular weight excluding hydrogens is 468 g/mol. The van der Waals surface area contributed by atoms with Crippen LogP contribution in [0, 0.1) is 11.3 Å². The Hall–Kier alpha value is -3.03. The molecule has 0 bridgehead atoms. The summed E-state index contributed by atoms with van der Waals surface area (Å²) in [6.07, 6.45) is 0. The van der Waals surface area contributed by atoms with Crippen molar-refractivity contribution in [2.24, 2.45) is 5.92 Å². The number of esters is 1. The largest absolute Gasteiger partial charge is 0.464 e. The highest BCUT2D eigenvalue weighted by Crippen LogP contribution is 2.31. The van der Waals surface area contributed by atoms with Gasteiger partial charge >= 0.3 is 5.97 Å². The molecule has 0 atom stereocenters. The Kier molecular flexibility index (Phi) is 7.43. The molecule has 7 heteroatoms. The number of nitrogens with zero attached hydrogens (tertiary/aromatic N) is 2. The zero-order valence-corrected chi connectivity index (χ0v) is 20.5. The van der Waals surface area contributed by atoms with Crippen molar-refractivity contribution >= 4 is 44.8 Å². The Bertz CT molecular complexity index is 1140. The van der Waals surface area contributed by atoms with Gasteiger partial charge in [0.2, 0.25) is 5.82 Å². The van der Waals surface area contributed by atoms with E-state index in [1.807, 2.05) is 80.6 Å². The summed E-state index contributed by atoms with van der Waals surface area (Å²) in [5.41, 5.74) is 5.05. The summed E-state index contributed by atoms with van der Waals surface area (Å²) in [7, 11) is 5.32. The molecule has 2 aromatic carbocycles. The van der Waals surface area contributed by atoms with Gasteiger partial charge in [0, 0.05) is 41.6 Å². The van der Waals surface area contributed by atoms with Crippen LogP contribution in [-0.2, 0) is 4.74 Å². The SMILES string of the molecule is COC(=O)c1cc(-c2ccc(Br)cc2)c(C(=N)C(C)C)c([NH2+]c2cccc(N(C)C)c2)n1. The highest BCUT2D eigenvalue weighted by Gasteiger charge is 2.25. The van der Waals surface area contributed by atoms with Crippen LogP contribution < -0.4 is 10.2 Å². The molecule has 0 aliphatic rings. The topological polar surface area (TPSA) is 82.9 Å². The molecule has 0 spiro atoms. The average molecular weight is 496 g/mol. The third-order valence-electron chi connectivity index (χ3n) is 5.13. The molecule has 3 aromatic rings. The molecule has 1 aromatic heterocycles. The molecule has 0 saturated carbocycles. The summed E-state index contributed by atoms with van der Waals surface area (Å²) in [6.45, 7) is 3.97. The number of carbonyl (C=O) groups excluding carboxylic acids is 1. The van der Waals surface area contributed by atoms with Crippen LogP contribution in [0.25, 0.3) is 11.1 Å². The zero-order valence-electron chi connectivity index (χ0n) is 18.9. The maximum Gasteiger partial charge on any atom is 0.356 e. The quantitative estimate of drug-likeness (QED) is 0.277. The second-order valence-corrected chi connectivity index (χ2v) is 8.93. The summed E-state index contributed by atoms with van der Waals surface area (Å²) < 4.78 is 5.92. The van der Waals surface area contributed by atoms with E-state index in [0.29, 0.717) is 17.1 Å². The van der Waals surface area contributed by atoms with Crippen LogP contribution in [0.1, 0.15) is 29.9 Å². The molecule has 32 heavy (non-hydrogen) atoms. The Labute approximate surface area is 197 Å². The fraction of sp³-hybridized carbons (Fsp3) is 0.240. The van der Waals surface area contributed by atoms with Crippen LogP contribution in [0.5, 0.6) is 0 Å². The van der Waals surface area contributed by atoms with Gasteiger partial charge in [-0.15, -0.1) is 0 Å². The fourth-order valence-electron chi connectivity index (χ4n) is 3.36. The van der Waals surface area contributed by atoms with Crippen LogP contribution in [0.2, 0.25) is 0 Å². The van der Waals surface area contributed by atoms with Gasteiger partial charge in [0.15, 0.2) is 5.69 Å². The number of nitrogens with two attached hydrogens (primary N) is 1. The molecule has 6 nitrogen and oxygen atoms in total. The van der Waals surface area contributed by atoms with Crippen molar-refractivity contribution in [2.75, 3.05) is 26.1 Å². The minimum absolute atomic E-state index is 0.0183. The Morgan fingerprint density at radius 1 is 1.12 bits per heavy atom. The number of halogens is 1. The summed E-state index contributed by atoms with van der Waals surface area (Å²) >= 11 is 3.48. The predicted molar refractivity (Wildman–Crippen MR) is 132 cm³/mol. The van der Waals surface area contributed by atoms with Gasteiger partial charge in [0.25, 0.3) is 0 Å². The highest BCUT2D eigenvalue weighted by molar-refractivity contribution is 9.10. The number of hydrogen-bond donors (Lipinski definition) is 2. The van der Waals surface area contributed by atoms with Gasteiger partial charge < -0.3 is 15.0 Å². The normalized spacial score (nSPS) is 10.8. The number of benzene rings is 2. The second-order valence-electron chi connectivity index (χ2n) is 8.02. The van der Waals surface area contributed by atoms with Crippen molar-refractivity contribution in [1.29, 1.82) is 5.41 Å². The first-order valence-corrected chi connectivity index (χ1v) is 11.1. The molecular formula is C25H28BrN4O2+. The molecule has 0 saturated heterocycles. The minimum atomic E-state index is -0.511. The maximum absolute atomic E-state index is 12.4. The van der Waals surface area contributed by atoms with Crippen LogP contribution >= 0.6 is 15.9 Å². The monoisotopic (exact) mass is 495 g/mol. The van der Waals surface area contributed by atoms with Gasteiger partial charge in [-0.3, -0.25) is 5.32 Å². The average Bonchev–Trinajstić information content (AvgIpc) is 2.78. The molecule has 3 N–H and O–H groups in total. The Morgan fingerprint density at radius 2 is 1.81 bits per heavy atom. The van der Waals surface area contributed by atoms with Crippen molar-refractivity contribution < 1.29 is 14.8 Å². The van der Waals surface area contributed by atoms with Crippen molar-refractivity contribution in [3.8, 4) is 11.1 Å². The van der Waals surface area contributed by atoms with Gasteiger partial charge in [0.05, 0.1) is 12.7 Å². The first-order chi connectivity index (χ1) is 15.2. The van der Waals surface area contributed by atoms with Gasteiger partial charge in [-0.2, -0.15) is 4.98 Å². The Morgan fingerprint density at radius 3 is 2.41 bits per heavy atom. The number of aromatic nitrogens is 1. The number of ether oxygens (including phenoxy) is 1. The highest BCUT2D eigenvalue weighted by atomic mass is 79.9. The van der Waals surface area contributed by atoms with E-state index in [-0.39, 0.29) is 11.6 Å². The smallest absolute Gasteiger partial charge is 0.356 e. The lowest BCUT2D eigenvalue weighted by Gasteiger charge is -2.17. The van der Waals surface area contributed by atoms with Crippen LogP contribution in [-0.4, -0.2) is 37.9 Å². The molecule has 0 radical (unpaired) electrons. The molecule has 3 rings (SSSR count). The van der Waals surface area contributed by atoms with Crippen LogP contribution in [0.3, 0.4) is 0 Å². The Balaban J connectivity index is 2.26. The molecule has 0 aliphatic carbocycles. The van der Waals surface area contributed by atoms with E-state index in [0.717, 1.165) is 27.0 Å². The van der Waals surface area contributed by atoms with Crippen LogP contribution in [0.15, 0.2) is 59.1 Å². The van der Waals surface area contributed by atoms with E-state index in [9.17, 15) is 4.79 Å². The minimum Gasteiger partial charge on any atom is -0.464 e. The summed E-state index contributed by atoms with van der Waals surface area (Å²) in [4.78, 5) is 19.1. The standard InChI is InChI=1S/C25H27BrN4O2/c1-15(2)23(27)22-20(16-9-11-17(26)12-10-16)14-21(25(31)32-5)29-24(22)28-18-7-6-8-19(13-18)30(3)4/h6-15,27H,1-5H3,(H,28,29)/p+1. The number of nitrogens with one attached hydrogen (secondary N) is 1. The molecule has 0 unspecified atom stereocenters. The summed E-state index contributed by atoms with van der Waals surface area (Å²) in [6, 6.07) is 17.6. The number of pyridine rings is 1. The first-order valence-electron chi connectivity index (χ1n) is 10.3. The molecule has 166 valence electrons. The molecule has 0 fully saturated rings. The lowest BCUT2D eigenvalue weighted by molar-refractivity contribution is -0.483. The van der Waals surface area contributed by atoms with E-state index in [1.54, 1.807) is 6.07 Å². The number of carbonyl (C=O) groups is 1. The van der Waals surface area contributed by atoms with Gasteiger partial charge in [0.1, 0.15) is 5.69 Å². The molecule has 1 heterocycles. The van der Waals surface area contributed by atoms with Crippen LogP contribution in [0.4, 0.5) is 17.2 Å². The zero-order chi connectivity index (χ0) is 23.4. The summed E-state index contributed by atoms with van der Waals surface area (Å²) in [5, 5.41) is 10.8. The van der Waals surface area contributed by atoms with E-state index in [2.05, 4.69) is 27.0 Å². The first kappa shape index (κ1) is 23.6. The summed E-state index contributed by atoms with van der Waals surface area (Å²) in [5.74, 6) is 0.0401. The van der Waals surface area contributed by atoms with Crippen molar-refractivity contribution in [2.45, 2.75) is 13.8 Å². The number of methoxy groups -OCH3 is 1. The van der Waals surface area contributed by atoms with Gasteiger partial charge in [-0.05, 0) is 41.8 Å². The number of hydrogen-bond acceptors (Lipinski definition) is 5. The maximum atomic E-state index is 12.4. The number of rotatable bonds is 7. The van der Waals surface area contributed by atoms with Crippen molar-refractivity contribution in [3.63, 3.8) is 0 Å². The third-order valence-corrected chi connectivity index (χ3v) is 5.66. The second kappa shape index (κ2) is 10.1.